The van der Waals surface area contributed by atoms with Crippen molar-refractivity contribution in [3.8, 4) is 11.5 Å². The van der Waals surface area contributed by atoms with Crippen LogP contribution in [0, 0.1) is 0 Å². The van der Waals surface area contributed by atoms with E-state index in [1.54, 1.807) is 12.1 Å². The first kappa shape index (κ1) is 27.2. The molecule has 0 aliphatic heterocycles. The first-order chi connectivity index (χ1) is 16.0. The van der Waals surface area contributed by atoms with Gasteiger partial charge >= 0.3 is 0 Å². The number of nitrogens with one attached hydrogen (secondary N) is 1. The van der Waals surface area contributed by atoms with Gasteiger partial charge in [0.15, 0.2) is 0 Å². The van der Waals surface area contributed by atoms with Crippen LogP contribution in [0.15, 0.2) is 42.5 Å². The number of benzene rings is 2. The third-order valence-electron chi connectivity index (χ3n) is 5.51. The van der Waals surface area contributed by atoms with Gasteiger partial charge in [0.2, 0.25) is 5.91 Å². The second-order valence-electron chi connectivity index (χ2n) is 8.78. The highest BCUT2D eigenvalue weighted by Crippen LogP contribution is 2.30. The molecule has 0 aliphatic carbocycles. The van der Waals surface area contributed by atoms with Crippen molar-refractivity contribution < 1.29 is 14.6 Å². The van der Waals surface area contributed by atoms with Crippen LogP contribution >= 0.6 is 12.6 Å². The van der Waals surface area contributed by atoms with E-state index in [0.717, 1.165) is 36.5 Å². The van der Waals surface area contributed by atoms with E-state index in [9.17, 15) is 9.90 Å². The summed E-state index contributed by atoms with van der Waals surface area (Å²) in [5, 5.41) is 12.8. The molecule has 5 nitrogen and oxygen atoms in total. The number of aliphatic hydroxyl groups is 1. The molecule has 182 valence electrons. The number of anilines is 1. The molecule has 0 aliphatic rings. The van der Waals surface area contributed by atoms with E-state index >= 15 is 0 Å². The van der Waals surface area contributed by atoms with Gasteiger partial charge < -0.3 is 20.1 Å². The lowest BCUT2D eigenvalue weighted by Crippen LogP contribution is -2.12. The molecule has 0 radical (unpaired) electrons. The summed E-state index contributed by atoms with van der Waals surface area (Å²) in [4.78, 5) is 14.4. The zero-order valence-corrected chi connectivity index (χ0v) is 21.1. The van der Waals surface area contributed by atoms with Crippen LogP contribution in [0.3, 0.4) is 0 Å². The highest BCUT2D eigenvalue weighted by molar-refractivity contribution is 7.80. The molecule has 0 spiro atoms. The largest absolute Gasteiger partial charge is 0.457 e. The van der Waals surface area contributed by atoms with E-state index in [-0.39, 0.29) is 12.5 Å². The van der Waals surface area contributed by atoms with Crippen molar-refractivity contribution in [3.05, 3.63) is 53.6 Å². The number of para-hydroxylation sites is 1. The highest BCUT2D eigenvalue weighted by atomic mass is 32.1. The summed E-state index contributed by atoms with van der Waals surface area (Å²) >= 11 is 4.24. The number of ether oxygens (including phenoxy) is 1. The number of carbonyl (C=O) groups excluding carboxylic acids is 1. The third-order valence-corrected chi connectivity index (χ3v) is 5.82. The summed E-state index contributed by atoms with van der Waals surface area (Å²) in [7, 11) is 4.03. The van der Waals surface area contributed by atoms with Gasteiger partial charge in [0.1, 0.15) is 11.5 Å². The van der Waals surface area contributed by atoms with Crippen molar-refractivity contribution in [1.82, 2.24) is 4.90 Å². The van der Waals surface area contributed by atoms with Gasteiger partial charge in [0.05, 0.1) is 6.61 Å². The van der Waals surface area contributed by atoms with Gasteiger partial charge in [-0.1, -0.05) is 56.7 Å². The molecule has 33 heavy (non-hydrogen) atoms. The fourth-order valence-corrected chi connectivity index (χ4v) is 3.98. The Morgan fingerprint density at radius 3 is 2.21 bits per heavy atom. The van der Waals surface area contributed by atoms with Crippen molar-refractivity contribution >= 4 is 24.2 Å². The number of amides is 1. The maximum absolute atomic E-state index is 12.3. The summed E-state index contributed by atoms with van der Waals surface area (Å²) in [5.74, 6) is 2.35. The zero-order chi connectivity index (χ0) is 23.9. The molecule has 0 atom stereocenters. The Morgan fingerprint density at radius 1 is 0.909 bits per heavy atom. The van der Waals surface area contributed by atoms with Crippen molar-refractivity contribution in [2.75, 3.05) is 25.2 Å². The highest BCUT2D eigenvalue weighted by Gasteiger charge is 2.11. The van der Waals surface area contributed by atoms with Gasteiger partial charge in [-0.25, -0.2) is 0 Å². The Hall–Kier alpha value is -2.02. The maximum atomic E-state index is 12.3. The first-order valence-electron chi connectivity index (χ1n) is 12.1. The zero-order valence-electron chi connectivity index (χ0n) is 20.2. The van der Waals surface area contributed by atoms with Gasteiger partial charge in [-0.15, -0.1) is 0 Å². The van der Waals surface area contributed by atoms with E-state index in [1.807, 2.05) is 44.4 Å². The average Bonchev–Trinajstić information content (AvgIpc) is 2.80. The van der Waals surface area contributed by atoms with Gasteiger partial charge in [0.25, 0.3) is 0 Å². The van der Waals surface area contributed by atoms with Gasteiger partial charge in [-0.2, -0.15) is 12.6 Å². The molecule has 0 fully saturated rings. The Labute approximate surface area is 204 Å². The summed E-state index contributed by atoms with van der Waals surface area (Å²) < 4.78 is 6.12. The molecule has 2 N–H and O–H groups in total. The molecule has 2 aromatic carbocycles. The third kappa shape index (κ3) is 10.6. The minimum atomic E-state index is -0.164. The lowest BCUT2D eigenvalue weighted by Gasteiger charge is -2.17. The lowest BCUT2D eigenvalue weighted by atomic mass is 10.1. The Balaban J connectivity index is 1.82. The Bertz CT molecular complexity index is 842. The molecular weight excluding hydrogens is 432 g/mol. The number of hydrogen-bond donors (Lipinski definition) is 3. The van der Waals surface area contributed by atoms with E-state index in [1.165, 1.54) is 38.5 Å². The van der Waals surface area contributed by atoms with Crippen LogP contribution in [0.2, 0.25) is 0 Å². The number of carbonyl (C=O) groups is 1. The standard InChI is InChI=1S/C27H40N2O3S/c1-29(2)20-22-13-10-11-14-25(22)32-26-17-16-24(19-23(26)21-30)28-27(31)15-9-7-5-3-4-6-8-12-18-33/h10-11,13-14,16-17,19,30,33H,3-9,12,15,18,20-21H2,1-2H3,(H,28,31). The van der Waals surface area contributed by atoms with Crippen molar-refractivity contribution in [2.45, 2.75) is 70.9 Å². The molecule has 1 amide bonds. The number of aliphatic hydroxyl groups excluding tert-OH is 1. The predicted molar refractivity (Wildman–Crippen MR) is 140 cm³/mol. The van der Waals surface area contributed by atoms with E-state index in [0.29, 0.717) is 23.4 Å². The Morgan fingerprint density at radius 2 is 1.55 bits per heavy atom. The number of rotatable bonds is 16. The van der Waals surface area contributed by atoms with Crippen LogP contribution in [0.5, 0.6) is 11.5 Å². The van der Waals surface area contributed by atoms with Crippen LogP contribution in [0.4, 0.5) is 5.69 Å². The topological polar surface area (TPSA) is 61.8 Å². The molecule has 0 heterocycles. The molecule has 2 rings (SSSR count). The minimum Gasteiger partial charge on any atom is -0.457 e. The minimum absolute atomic E-state index is 0.0117. The number of thiol groups is 1. The summed E-state index contributed by atoms with van der Waals surface area (Å²) in [6.07, 6.45) is 9.97. The monoisotopic (exact) mass is 472 g/mol. The number of hydrogen-bond acceptors (Lipinski definition) is 5. The lowest BCUT2D eigenvalue weighted by molar-refractivity contribution is -0.116. The SMILES string of the molecule is CN(C)Cc1ccccc1Oc1ccc(NC(=O)CCCCCCCCCCS)cc1CO. The van der Waals surface area contributed by atoms with Gasteiger partial charge in [-0.05, 0) is 57.0 Å². The fraction of sp³-hybridized carbons (Fsp3) is 0.519. The van der Waals surface area contributed by atoms with Crippen LogP contribution in [-0.4, -0.2) is 35.8 Å². The molecule has 6 heteroatoms. The summed E-state index contributed by atoms with van der Waals surface area (Å²) in [6, 6.07) is 13.3. The van der Waals surface area contributed by atoms with Crippen molar-refractivity contribution in [2.24, 2.45) is 0 Å². The van der Waals surface area contributed by atoms with Crippen LogP contribution < -0.4 is 10.1 Å². The molecule has 0 aromatic heterocycles. The summed E-state index contributed by atoms with van der Waals surface area (Å²) in [5.41, 5.74) is 2.40. The smallest absolute Gasteiger partial charge is 0.224 e. The second kappa shape index (κ2) is 15.8. The molecule has 0 saturated heterocycles. The molecular formula is C27H40N2O3S. The maximum Gasteiger partial charge on any atom is 0.224 e. The second-order valence-corrected chi connectivity index (χ2v) is 9.23. The quantitative estimate of drug-likeness (QED) is 0.195. The van der Waals surface area contributed by atoms with Crippen molar-refractivity contribution in [3.63, 3.8) is 0 Å². The normalized spacial score (nSPS) is 11.1. The summed E-state index contributed by atoms with van der Waals surface area (Å²) in [6.45, 7) is 0.595. The molecule has 0 bridgehead atoms. The van der Waals surface area contributed by atoms with E-state index in [2.05, 4.69) is 22.8 Å². The van der Waals surface area contributed by atoms with E-state index < -0.39 is 0 Å². The number of nitrogens with zero attached hydrogens (tertiary/aromatic N) is 1. The predicted octanol–water partition coefficient (Wildman–Crippen LogP) is 6.41. The van der Waals surface area contributed by atoms with Crippen LogP contribution in [-0.2, 0) is 17.9 Å². The van der Waals surface area contributed by atoms with Crippen LogP contribution in [0.1, 0.15) is 68.9 Å². The number of unbranched alkanes of at least 4 members (excludes halogenated alkanes) is 7. The van der Waals surface area contributed by atoms with Gasteiger partial charge in [0, 0.05) is 29.8 Å². The molecule has 0 unspecified atom stereocenters. The molecule has 2 aromatic rings. The molecule has 0 saturated carbocycles. The fourth-order valence-electron chi connectivity index (χ4n) is 3.76. The van der Waals surface area contributed by atoms with Crippen molar-refractivity contribution in [1.29, 1.82) is 0 Å². The first-order valence-corrected chi connectivity index (χ1v) is 12.7. The van der Waals surface area contributed by atoms with E-state index in [4.69, 9.17) is 4.74 Å². The van der Waals surface area contributed by atoms with Crippen LogP contribution in [0.25, 0.3) is 0 Å². The average molecular weight is 473 g/mol. The Kier molecular flexibility index (Phi) is 13.0. The van der Waals surface area contributed by atoms with Gasteiger partial charge in [-0.3, -0.25) is 4.79 Å².